The summed E-state index contributed by atoms with van der Waals surface area (Å²) in [7, 11) is 0. The van der Waals surface area contributed by atoms with E-state index in [4.69, 9.17) is 16.7 Å². The lowest BCUT2D eigenvalue weighted by molar-refractivity contribution is -0.137. The number of phenolic OH excluding ortho intramolecular Hbond substituents is 1. The molecule has 23 heavy (non-hydrogen) atoms. The first-order chi connectivity index (χ1) is 10.8. The summed E-state index contributed by atoms with van der Waals surface area (Å²) in [6, 6.07) is 6.94. The molecule has 2 N–H and O–H groups in total. The van der Waals surface area contributed by atoms with Gasteiger partial charge in [-0.2, -0.15) is 13.2 Å². The average Bonchev–Trinajstić information content (AvgIpc) is 2.48. The number of carbonyl (C=O) groups is 1. The summed E-state index contributed by atoms with van der Waals surface area (Å²) in [5.41, 5.74) is -0.987. The normalized spacial score (nSPS) is 11.3. The zero-order valence-electron chi connectivity index (χ0n) is 11.4. The third-order valence-corrected chi connectivity index (χ3v) is 3.93. The Kier molecular flexibility index (Phi) is 5.38. The fourth-order valence-corrected chi connectivity index (χ4v) is 2.46. The molecule has 0 aliphatic rings. The van der Waals surface area contributed by atoms with Crippen LogP contribution in [0.2, 0.25) is 5.02 Å². The van der Waals surface area contributed by atoms with Crippen LogP contribution in [0.3, 0.4) is 0 Å². The highest BCUT2D eigenvalue weighted by Gasteiger charge is 2.31. The Morgan fingerprint density at radius 2 is 1.96 bits per heavy atom. The van der Waals surface area contributed by atoms with Gasteiger partial charge in [-0.3, -0.25) is 4.79 Å². The van der Waals surface area contributed by atoms with E-state index in [0.29, 0.717) is 12.3 Å². The van der Waals surface area contributed by atoms with Crippen molar-refractivity contribution in [3.63, 3.8) is 0 Å². The number of nitrogens with zero attached hydrogens (tertiary/aromatic N) is 1. The molecule has 4 nitrogen and oxygen atoms in total. The van der Waals surface area contributed by atoms with Gasteiger partial charge in [-0.25, -0.2) is 4.98 Å². The first-order valence-corrected chi connectivity index (χ1v) is 7.56. The van der Waals surface area contributed by atoms with Crippen molar-refractivity contribution in [2.24, 2.45) is 0 Å². The quantitative estimate of drug-likeness (QED) is 0.800. The van der Waals surface area contributed by atoms with Crippen LogP contribution < -0.4 is 5.32 Å². The number of alkyl halides is 3. The van der Waals surface area contributed by atoms with Gasteiger partial charge in [0.1, 0.15) is 5.75 Å². The monoisotopic (exact) mass is 362 g/mol. The van der Waals surface area contributed by atoms with Crippen molar-refractivity contribution < 1.29 is 23.1 Å². The number of benzene rings is 1. The molecule has 0 fully saturated rings. The average molecular weight is 363 g/mol. The molecule has 122 valence electrons. The number of thioether (sulfide) groups is 1. The van der Waals surface area contributed by atoms with Crippen LogP contribution in [0.15, 0.2) is 41.4 Å². The molecule has 1 amide bonds. The third kappa shape index (κ3) is 5.04. The predicted octanol–water partition coefficient (Wildman–Crippen LogP) is 4.19. The zero-order chi connectivity index (χ0) is 17.0. The van der Waals surface area contributed by atoms with Crippen LogP contribution in [0, 0.1) is 0 Å². The molecular formula is C14H10ClF3N2O2S. The minimum atomic E-state index is -4.55. The van der Waals surface area contributed by atoms with E-state index in [9.17, 15) is 18.0 Å². The smallest absolute Gasteiger partial charge is 0.417 e. The van der Waals surface area contributed by atoms with Crippen LogP contribution in [-0.4, -0.2) is 21.8 Å². The van der Waals surface area contributed by atoms with Gasteiger partial charge >= 0.3 is 6.18 Å². The number of hydrogen-bond donors (Lipinski definition) is 2. The Labute approximate surface area is 138 Å². The molecule has 2 rings (SSSR count). The number of amides is 1. The number of halogens is 4. The maximum atomic E-state index is 12.5. The Bertz CT molecular complexity index is 708. The number of pyridine rings is 1. The van der Waals surface area contributed by atoms with Gasteiger partial charge in [0.15, 0.2) is 5.82 Å². The first-order valence-electron chi connectivity index (χ1n) is 6.20. The van der Waals surface area contributed by atoms with Crippen LogP contribution in [0.25, 0.3) is 0 Å². The van der Waals surface area contributed by atoms with Gasteiger partial charge in [0.25, 0.3) is 0 Å². The number of nitrogens with one attached hydrogen (secondary N) is 1. The van der Waals surface area contributed by atoms with Crippen molar-refractivity contribution in [3.8, 4) is 5.75 Å². The number of hydrogen-bond acceptors (Lipinski definition) is 4. The number of anilines is 1. The van der Waals surface area contributed by atoms with Crippen molar-refractivity contribution >= 4 is 35.1 Å². The molecule has 0 spiro atoms. The number of carbonyl (C=O) groups excluding carboxylic acids is 1. The Balaban J connectivity index is 1.96. The number of rotatable bonds is 4. The Hall–Kier alpha value is -1.93. The van der Waals surface area contributed by atoms with Crippen molar-refractivity contribution in [1.82, 2.24) is 4.98 Å². The SMILES string of the molecule is O=C(CSc1ccc(O)cc1)Nc1ncc(C(F)(F)F)cc1Cl. The topological polar surface area (TPSA) is 62.2 Å². The molecule has 0 unspecified atom stereocenters. The minimum Gasteiger partial charge on any atom is -0.508 e. The summed E-state index contributed by atoms with van der Waals surface area (Å²) in [6.45, 7) is 0. The van der Waals surface area contributed by atoms with E-state index >= 15 is 0 Å². The molecule has 0 aliphatic heterocycles. The van der Waals surface area contributed by atoms with Crippen LogP contribution in [0.5, 0.6) is 5.75 Å². The summed E-state index contributed by atoms with van der Waals surface area (Å²) in [4.78, 5) is 16.1. The van der Waals surface area contributed by atoms with E-state index in [-0.39, 0.29) is 22.3 Å². The lowest BCUT2D eigenvalue weighted by Crippen LogP contribution is -2.16. The van der Waals surface area contributed by atoms with Crippen molar-refractivity contribution in [1.29, 1.82) is 0 Å². The molecule has 0 saturated heterocycles. The highest BCUT2D eigenvalue weighted by molar-refractivity contribution is 8.00. The number of aromatic nitrogens is 1. The maximum absolute atomic E-state index is 12.5. The van der Waals surface area contributed by atoms with Crippen molar-refractivity contribution in [2.75, 3.05) is 11.1 Å². The van der Waals surface area contributed by atoms with Crippen LogP contribution >= 0.6 is 23.4 Å². The molecule has 1 aromatic heterocycles. The van der Waals surface area contributed by atoms with Gasteiger partial charge in [-0.1, -0.05) is 11.6 Å². The lowest BCUT2D eigenvalue weighted by Gasteiger charge is -2.10. The van der Waals surface area contributed by atoms with Gasteiger partial charge in [-0.05, 0) is 30.3 Å². The molecule has 0 atom stereocenters. The molecule has 0 aliphatic carbocycles. The highest BCUT2D eigenvalue weighted by Crippen LogP contribution is 2.32. The molecule has 1 heterocycles. The van der Waals surface area contributed by atoms with Crippen LogP contribution in [-0.2, 0) is 11.0 Å². The molecule has 1 aromatic carbocycles. The van der Waals surface area contributed by atoms with Crippen LogP contribution in [0.1, 0.15) is 5.56 Å². The van der Waals surface area contributed by atoms with Gasteiger partial charge in [0.2, 0.25) is 5.91 Å². The van der Waals surface area contributed by atoms with E-state index in [1.54, 1.807) is 12.1 Å². The van der Waals surface area contributed by atoms with Gasteiger partial charge < -0.3 is 10.4 Å². The second-order valence-corrected chi connectivity index (χ2v) is 5.84. The summed E-state index contributed by atoms with van der Waals surface area (Å²) in [6.07, 6.45) is -3.94. The summed E-state index contributed by atoms with van der Waals surface area (Å²) >= 11 is 6.90. The maximum Gasteiger partial charge on any atom is 0.417 e. The van der Waals surface area contributed by atoms with E-state index in [1.807, 2.05) is 0 Å². The van der Waals surface area contributed by atoms with E-state index < -0.39 is 17.6 Å². The first kappa shape index (κ1) is 17.4. The second kappa shape index (κ2) is 7.10. The lowest BCUT2D eigenvalue weighted by atomic mass is 10.3. The minimum absolute atomic E-state index is 0.0177. The summed E-state index contributed by atoms with van der Waals surface area (Å²) < 4.78 is 37.5. The molecule has 9 heteroatoms. The van der Waals surface area contributed by atoms with Crippen molar-refractivity contribution in [2.45, 2.75) is 11.1 Å². The standard InChI is InChI=1S/C14H10ClF3N2O2S/c15-11-5-8(14(16,17)18)6-19-13(11)20-12(22)7-23-10-3-1-9(21)2-4-10/h1-6,21H,7H2,(H,19,20,22). The van der Waals surface area contributed by atoms with Crippen molar-refractivity contribution in [3.05, 3.63) is 47.1 Å². The summed E-state index contributed by atoms with van der Waals surface area (Å²) in [5, 5.41) is 11.2. The molecule has 2 aromatic rings. The predicted molar refractivity (Wildman–Crippen MR) is 81.7 cm³/mol. The molecular weight excluding hydrogens is 353 g/mol. The highest BCUT2D eigenvalue weighted by atomic mass is 35.5. The van der Waals surface area contributed by atoms with E-state index in [2.05, 4.69) is 10.3 Å². The van der Waals surface area contributed by atoms with E-state index in [1.165, 1.54) is 23.9 Å². The molecule has 0 bridgehead atoms. The molecule has 0 saturated carbocycles. The largest absolute Gasteiger partial charge is 0.508 e. The number of phenols is 1. The fourth-order valence-electron chi connectivity index (χ4n) is 1.54. The third-order valence-electron chi connectivity index (χ3n) is 2.63. The Morgan fingerprint density at radius 1 is 1.30 bits per heavy atom. The molecule has 0 radical (unpaired) electrons. The van der Waals surface area contributed by atoms with Gasteiger partial charge in [-0.15, -0.1) is 11.8 Å². The second-order valence-electron chi connectivity index (χ2n) is 4.38. The number of aromatic hydroxyl groups is 1. The van der Waals surface area contributed by atoms with Gasteiger partial charge in [0.05, 0.1) is 16.3 Å². The fraction of sp³-hybridized carbons (Fsp3) is 0.143. The van der Waals surface area contributed by atoms with Crippen LogP contribution in [0.4, 0.5) is 19.0 Å². The Morgan fingerprint density at radius 3 is 2.52 bits per heavy atom. The zero-order valence-corrected chi connectivity index (χ0v) is 13.0. The van der Waals surface area contributed by atoms with E-state index in [0.717, 1.165) is 4.90 Å². The van der Waals surface area contributed by atoms with Gasteiger partial charge in [0, 0.05) is 11.1 Å². The summed E-state index contributed by atoms with van der Waals surface area (Å²) in [5.74, 6) is -0.461.